The number of fused-ring (bicyclic) bond motifs is 6. The van der Waals surface area contributed by atoms with Gasteiger partial charge in [-0.1, -0.05) is 145 Å². The largest absolute Gasteiger partial charge is 0.295 e. The molecule has 1 heterocycles. The molecule has 0 aliphatic heterocycles. The van der Waals surface area contributed by atoms with Crippen LogP contribution in [-0.2, 0) is 0 Å². The lowest BCUT2D eigenvalue weighted by atomic mass is 9.81. The van der Waals surface area contributed by atoms with Crippen LogP contribution in [0.5, 0.6) is 0 Å². The molecular formula is C48H34N2. The predicted molar refractivity (Wildman–Crippen MR) is 212 cm³/mol. The average Bonchev–Trinajstić information content (AvgIpc) is 3.19. The van der Waals surface area contributed by atoms with Crippen molar-refractivity contribution in [3.05, 3.63) is 194 Å². The number of anilines is 3. The summed E-state index contributed by atoms with van der Waals surface area (Å²) < 4.78 is 0. The minimum absolute atomic E-state index is 0.878. The molecule has 9 aromatic rings. The first kappa shape index (κ1) is 29.6. The van der Waals surface area contributed by atoms with Crippen LogP contribution in [0.2, 0.25) is 0 Å². The molecule has 2 nitrogen and oxygen atoms in total. The van der Waals surface area contributed by atoms with E-state index in [1.54, 1.807) is 0 Å². The van der Waals surface area contributed by atoms with Crippen molar-refractivity contribution in [3.8, 4) is 33.4 Å². The molecule has 50 heavy (non-hydrogen) atoms. The van der Waals surface area contributed by atoms with E-state index in [0.717, 1.165) is 17.2 Å². The van der Waals surface area contributed by atoms with Crippen molar-refractivity contribution in [1.82, 2.24) is 4.98 Å². The molecule has 0 fully saturated rings. The first-order valence-corrected chi connectivity index (χ1v) is 17.1. The molecule has 1 aromatic heterocycles. The van der Waals surface area contributed by atoms with Gasteiger partial charge in [-0.3, -0.25) is 4.90 Å². The Balaban J connectivity index is 1.46. The van der Waals surface area contributed by atoms with Gasteiger partial charge < -0.3 is 0 Å². The van der Waals surface area contributed by atoms with Gasteiger partial charge in [0.15, 0.2) is 0 Å². The maximum Gasteiger partial charge on any atom is 0.137 e. The van der Waals surface area contributed by atoms with Gasteiger partial charge in [-0.15, -0.1) is 0 Å². The minimum atomic E-state index is 0.878. The van der Waals surface area contributed by atoms with E-state index in [1.807, 2.05) is 12.3 Å². The number of rotatable bonds is 6. The van der Waals surface area contributed by atoms with Gasteiger partial charge in [0.25, 0.3) is 0 Å². The molecule has 0 N–H and O–H groups in total. The van der Waals surface area contributed by atoms with E-state index in [1.165, 1.54) is 71.3 Å². The van der Waals surface area contributed by atoms with Crippen LogP contribution in [-0.4, -0.2) is 4.98 Å². The number of hydrogen-bond acceptors (Lipinski definition) is 2. The van der Waals surface area contributed by atoms with Crippen molar-refractivity contribution in [2.75, 3.05) is 4.90 Å². The lowest BCUT2D eigenvalue weighted by Gasteiger charge is -2.26. The molecule has 0 saturated carbocycles. The summed E-state index contributed by atoms with van der Waals surface area (Å²) in [4.78, 5) is 7.07. The van der Waals surface area contributed by atoms with Gasteiger partial charge in [-0.05, 0) is 115 Å². The van der Waals surface area contributed by atoms with Gasteiger partial charge in [0.2, 0.25) is 0 Å². The normalized spacial score (nSPS) is 11.3. The number of hydrogen-bond donors (Lipinski definition) is 0. The highest BCUT2D eigenvalue weighted by molar-refractivity contribution is 6.33. The number of pyridine rings is 1. The Labute approximate surface area is 292 Å². The second kappa shape index (κ2) is 12.5. The molecule has 0 spiro atoms. The zero-order valence-corrected chi connectivity index (χ0v) is 27.8. The highest BCUT2D eigenvalue weighted by Gasteiger charge is 2.22. The minimum Gasteiger partial charge on any atom is -0.295 e. The maximum atomic E-state index is 4.82. The second-order valence-electron chi connectivity index (χ2n) is 12.8. The predicted octanol–water partition coefficient (Wildman–Crippen LogP) is 13.3. The summed E-state index contributed by atoms with van der Waals surface area (Å²) in [7, 11) is 0. The Morgan fingerprint density at radius 2 is 0.960 bits per heavy atom. The molecule has 0 atom stereocenters. The summed E-state index contributed by atoms with van der Waals surface area (Å²) in [5.41, 5.74) is 10.7. The molecule has 0 unspecified atom stereocenters. The zero-order valence-electron chi connectivity index (χ0n) is 27.8. The van der Waals surface area contributed by atoms with E-state index in [4.69, 9.17) is 4.98 Å². The van der Waals surface area contributed by atoms with Gasteiger partial charge in [0, 0.05) is 17.6 Å². The smallest absolute Gasteiger partial charge is 0.137 e. The summed E-state index contributed by atoms with van der Waals surface area (Å²) >= 11 is 0. The number of aryl methyl sites for hydroxylation is 1. The number of nitrogens with zero attached hydrogens (tertiary/aromatic N) is 2. The molecule has 8 aromatic carbocycles. The third-order valence-corrected chi connectivity index (χ3v) is 9.75. The third kappa shape index (κ3) is 5.10. The molecular weight excluding hydrogens is 605 g/mol. The second-order valence-corrected chi connectivity index (χ2v) is 12.8. The van der Waals surface area contributed by atoms with Gasteiger partial charge in [-0.25, -0.2) is 4.98 Å². The highest BCUT2D eigenvalue weighted by atomic mass is 15.2. The van der Waals surface area contributed by atoms with Crippen molar-refractivity contribution in [2.24, 2.45) is 0 Å². The van der Waals surface area contributed by atoms with E-state index < -0.39 is 0 Å². The van der Waals surface area contributed by atoms with Crippen molar-refractivity contribution in [1.29, 1.82) is 0 Å². The van der Waals surface area contributed by atoms with Crippen molar-refractivity contribution >= 4 is 49.5 Å². The fourth-order valence-corrected chi connectivity index (χ4v) is 7.47. The zero-order chi connectivity index (χ0) is 33.4. The molecule has 0 aliphatic rings. The molecule has 0 radical (unpaired) electrons. The van der Waals surface area contributed by atoms with E-state index in [9.17, 15) is 0 Å². The Morgan fingerprint density at radius 3 is 1.62 bits per heavy atom. The van der Waals surface area contributed by atoms with Crippen LogP contribution in [0, 0.1) is 6.92 Å². The summed E-state index contributed by atoms with van der Waals surface area (Å²) in [6, 6.07) is 65.6. The molecule has 0 aliphatic carbocycles. The summed E-state index contributed by atoms with van der Waals surface area (Å²) in [5, 5.41) is 7.43. The SMILES string of the molecule is Cc1ccc(N(c2ccc3c(c2)c2ccccc2c2c(-c4ccccc4)cc(-c4ccccc4)c(-c4ccccc4)c32)c2ccccn2)cc1. The van der Waals surface area contributed by atoms with Crippen LogP contribution in [0.1, 0.15) is 5.56 Å². The molecule has 9 rings (SSSR count). The molecule has 0 saturated heterocycles. The van der Waals surface area contributed by atoms with Crippen molar-refractivity contribution in [3.63, 3.8) is 0 Å². The topological polar surface area (TPSA) is 16.1 Å². The molecule has 2 heteroatoms. The van der Waals surface area contributed by atoms with Gasteiger partial charge in [0.1, 0.15) is 5.82 Å². The van der Waals surface area contributed by atoms with E-state index in [-0.39, 0.29) is 0 Å². The quantitative estimate of drug-likeness (QED) is 0.169. The Hall–Kier alpha value is -6.51. The van der Waals surface area contributed by atoms with Crippen LogP contribution in [0.4, 0.5) is 17.2 Å². The third-order valence-electron chi connectivity index (χ3n) is 9.75. The summed E-state index contributed by atoms with van der Waals surface area (Å²) in [6.45, 7) is 2.12. The molecule has 236 valence electrons. The van der Waals surface area contributed by atoms with Crippen LogP contribution in [0.15, 0.2) is 188 Å². The highest BCUT2D eigenvalue weighted by Crippen LogP contribution is 2.49. The number of aromatic nitrogens is 1. The maximum absolute atomic E-state index is 4.82. The van der Waals surface area contributed by atoms with Crippen molar-refractivity contribution in [2.45, 2.75) is 6.92 Å². The first-order chi connectivity index (χ1) is 24.7. The van der Waals surface area contributed by atoms with Gasteiger partial charge in [-0.2, -0.15) is 0 Å². The summed E-state index contributed by atoms with van der Waals surface area (Å²) in [6.07, 6.45) is 1.86. The number of benzene rings is 8. The van der Waals surface area contributed by atoms with Gasteiger partial charge in [0.05, 0.1) is 0 Å². The fraction of sp³-hybridized carbons (Fsp3) is 0.0208. The van der Waals surface area contributed by atoms with E-state index >= 15 is 0 Å². The van der Waals surface area contributed by atoms with E-state index in [0.29, 0.717) is 0 Å². The average molecular weight is 639 g/mol. The molecule has 0 amide bonds. The summed E-state index contributed by atoms with van der Waals surface area (Å²) in [5.74, 6) is 0.878. The lowest BCUT2D eigenvalue weighted by molar-refractivity contribution is 1.18. The van der Waals surface area contributed by atoms with Crippen molar-refractivity contribution < 1.29 is 0 Å². The van der Waals surface area contributed by atoms with Gasteiger partial charge >= 0.3 is 0 Å². The lowest BCUT2D eigenvalue weighted by Crippen LogP contribution is -2.11. The molecule has 0 bridgehead atoms. The fourth-order valence-electron chi connectivity index (χ4n) is 7.47. The van der Waals surface area contributed by atoms with Crippen LogP contribution >= 0.6 is 0 Å². The Morgan fingerprint density at radius 1 is 0.400 bits per heavy atom. The Kier molecular flexibility index (Phi) is 7.40. The van der Waals surface area contributed by atoms with Crippen LogP contribution in [0.25, 0.3) is 65.7 Å². The first-order valence-electron chi connectivity index (χ1n) is 17.1. The Bertz CT molecular complexity index is 2610. The monoisotopic (exact) mass is 638 g/mol. The van der Waals surface area contributed by atoms with Crippen LogP contribution in [0.3, 0.4) is 0 Å². The van der Waals surface area contributed by atoms with Crippen LogP contribution < -0.4 is 4.90 Å². The standard InChI is InChI=1S/C48H34N2/c1-33-24-26-37(27-25-33)50(45-23-13-14-30-49-45)38-28-29-41-44(31-38)39-21-11-12-22-40(39)47-43(35-17-7-3-8-18-35)32-42(34-15-5-2-6-16-34)46(48(41)47)36-19-9-4-10-20-36/h2-32H,1H3. The van der Waals surface area contributed by atoms with E-state index in [2.05, 4.69) is 188 Å².